The number of hydrogen-bond acceptors (Lipinski definition) is 2. The second kappa shape index (κ2) is 5.13. The first kappa shape index (κ1) is 13.8. The Morgan fingerprint density at radius 2 is 2.32 bits per heavy atom. The molecule has 0 spiro atoms. The Kier molecular flexibility index (Phi) is 3.22. The van der Waals surface area contributed by atoms with Gasteiger partial charge in [-0.2, -0.15) is 0 Å². The molecular formula is C18H23N3O. The minimum absolute atomic E-state index is 0.0245. The van der Waals surface area contributed by atoms with Gasteiger partial charge in [0.25, 0.3) is 0 Å². The van der Waals surface area contributed by atoms with Gasteiger partial charge < -0.3 is 10.7 Å². The summed E-state index contributed by atoms with van der Waals surface area (Å²) in [5, 5.41) is 1.38. The third-order valence-corrected chi connectivity index (χ3v) is 5.49. The number of rotatable bonds is 3. The molecule has 0 unspecified atom stereocenters. The number of amides is 1. The summed E-state index contributed by atoms with van der Waals surface area (Å²) in [7, 11) is 0. The number of benzene rings is 1. The van der Waals surface area contributed by atoms with Crippen LogP contribution >= 0.6 is 0 Å². The van der Waals surface area contributed by atoms with Gasteiger partial charge in [0.05, 0.1) is 5.92 Å². The summed E-state index contributed by atoms with van der Waals surface area (Å²) >= 11 is 0. The molecule has 116 valence electrons. The molecule has 22 heavy (non-hydrogen) atoms. The molecule has 1 aliphatic carbocycles. The van der Waals surface area contributed by atoms with Crippen molar-refractivity contribution in [3.63, 3.8) is 0 Å². The zero-order valence-corrected chi connectivity index (χ0v) is 13.0. The van der Waals surface area contributed by atoms with Gasteiger partial charge in [0.1, 0.15) is 0 Å². The molecular weight excluding hydrogens is 274 g/mol. The minimum Gasteiger partial charge on any atom is -0.369 e. The molecule has 0 radical (unpaired) electrons. The maximum absolute atomic E-state index is 11.8. The number of fused-ring (bicyclic) bond motifs is 2. The molecule has 3 N–H and O–H groups in total. The Labute approximate surface area is 130 Å². The van der Waals surface area contributed by atoms with Crippen LogP contribution in [0.1, 0.15) is 36.8 Å². The Morgan fingerprint density at radius 3 is 3.09 bits per heavy atom. The lowest BCUT2D eigenvalue weighted by Crippen LogP contribution is -2.52. The Hall–Kier alpha value is -1.81. The Bertz CT molecular complexity index is 720. The molecule has 0 bridgehead atoms. The molecule has 4 nitrogen and oxygen atoms in total. The molecule has 2 aliphatic rings. The van der Waals surface area contributed by atoms with E-state index in [2.05, 4.69) is 41.2 Å². The fourth-order valence-corrected chi connectivity index (χ4v) is 4.55. The van der Waals surface area contributed by atoms with Gasteiger partial charge in [0, 0.05) is 35.6 Å². The molecule has 3 atom stereocenters. The fraction of sp³-hybridized carbons (Fsp3) is 0.500. The molecule has 1 amide bonds. The molecule has 1 aromatic carbocycles. The molecule has 2 aromatic rings. The van der Waals surface area contributed by atoms with E-state index in [-0.39, 0.29) is 11.8 Å². The first-order valence-electron chi connectivity index (χ1n) is 8.31. The van der Waals surface area contributed by atoms with Crippen LogP contribution in [0.3, 0.4) is 0 Å². The summed E-state index contributed by atoms with van der Waals surface area (Å²) < 4.78 is 0. The topological polar surface area (TPSA) is 62.1 Å². The van der Waals surface area contributed by atoms with Crippen molar-refractivity contribution < 1.29 is 4.79 Å². The number of carbonyl (C=O) groups is 1. The summed E-state index contributed by atoms with van der Waals surface area (Å²) in [4.78, 5) is 17.7. The van der Waals surface area contributed by atoms with Gasteiger partial charge in [-0.15, -0.1) is 0 Å². The van der Waals surface area contributed by atoms with Crippen LogP contribution in [-0.2, 0) is 11.2 Å². The van der Waals surface area contributed by atoms with E-state index < -0.39 is 0 Å². The van der Waals surface area contributed by atoms with Crippen LogP contribution in [0.2, 0.25) is 0 Å². The number of nitrogens with zero attached hydrogens (tertiary/aromatic N) is 1. The normalized spacial score (nSPS) is 27.8. The largest absolute Gasteiger partial charge is 0.369 e. The van der Waals surface area contributed by atoms with E-state index in [9.17, 15) is 4.79 Å². The fourth-order valence-electron chi connectivity index (χ4n) is 4.55. The van der Waals surface area contributed by atoms with Crippen LogP contribution in [0.4, 0.5) is 0 Å². The second-order valence-corrected chi connectivity index (χ2v) is 6.79. The lowest BCUT2D eigenvalue weighted by atomic mass is 9.72. The van der Waals surface area contributed by atoms with Gasteiger partial charge in [0.15, 0.2) is 0 Å². The van der Waals surface area contributed by atoms with Crippen molar-refractivity contribution in [2.75, 3.05) is 13.1 Å². The van der Waals surface area contributed by atoms with E-state index in [0.717, 1.165) is 32.4 Å². The maximum Gasteiger partial charge on any atom is 0.221 e. The van der Waals surface area contributed by atoms with Gasteiger partial charge in [-0.1, -0.05) is 19.1 Å². The number of aromatic nitrogens is 1. The minimum atomic E-state index is -0.147. The summed E-state index contributed by atoms with van der Waals surface area (Å²) in [5.41, 5.74) is 9.69. The second-order valence-electron chi connectivity index (χ2n) is 6.79. The van der Waals surface area contributed by atoms with Gasteiger partial charge >= 0.3 is 0 Å². The van der Waals surface area contributed by atoms with Gasteiger partial charge in [-0.25, -0.2) is 0 Å². The Balaban J connectivity index is 1.80. The van der Waals surface area contributed by atoms with Crippen LogP contribution in [0, 0.1) is 5.92 Å². The van der Waals surface area contributed by atoms with E-state index in [1.165, 1.54) is 22.0 Å². The average molecular weight is 297 g/mol. The van der Waals surface area contributed by atoms with Crippen molar-refractivity contribution in [1.82, 2.24) is 9.88 Å². The number of piperidine rings is 1. The number of carbonyl (C=O) groups excluding carboxylic acids is 1. The highest BCUT2D eigenvalue weighted by Crippen LogP contribution is 2.44. The molecule has 1 aliphatic heterocycles. The van der Waals surface area contributed by atoms with E-state index in [1.807, 2.05) is 0 Å². The van der Waals surface area contributed by atoms with Crippen molar-refractivity contribution in [2.45, 2.75) is 38.1 Å². The lowest BCUT2D eigenvalue weighted by molar-refractivity contribution is -0.124. The molecule has 0 saturated carbocycles. The van der Waals surface area contributed by atoms with Crippen molar-refractivity contribution in [3.8, 4) is 0 Å². The highest BCUT2D eigenvalue weighted by molar-refractivity contribution is 5.88. The van der Waals surface area contributed by atoms with Crippen LogP contribution in [0.25, 0.3) is 10.9 Å². The number of aromatic amines is 1. The zero-order chi connectivity index (χ0) is 15.3. The Morgan fingerprint density at radius 1 is 1.45 bits per heavy atom. The number of likely N-dealkylation sites (tertiary alicyclic amines) is 1. The monoisotopic (exact) mass is 297 g/mol. The molecule has 4 heteroatoms. The SMILES string of the molecule is CCCN1C[C@@H](C(N)=O)C[C@@H]2c3cccc4[nH]cc(c34)C[C@H]21. The van der Waals surface area contributed by atoms with Crippen LogP contribution in [0.5, 0.6) is 0 Å². The van der Waals surface area contributed by atoms with Gasteiger partial charge in [-0.3, -0.25) is 9.69 Å². The molecule has 1 aromatic heterocycles. The van der Waals surface area contributed by atoms with Crippen LogP contribution in [-0.4, -0.2) is 34.9 Å². The quantitative estimate of drug-likeness (QED) is 0.914. The third kappa shape index (κ3) is 1.97. The highest BCUT2D eigenvalue weighted by Gasteiger charge is 2.41. The number of nitrogens with two attached hydrogens (primary N) is 1. The van der Waals surface area contributed by atoms with E-state index in [1.54, 1.807) is 0 Å². The molecule has 1 saturated heterocycles. The smallest absolute Gasteiger partial charge is 0.221 e. The first-order valence-corrected chi connectivity index (χ1v) is 8.31. The van der Waals surface area contributed by atoms with Crippen LogP contribution < -0.4 is 5.73 Å². The number of primary amides is 1. The van der Waals surface area contributed by atoms with Crippen molar-refractivity contribution in [2.24, 2.45) is 11.7 Å². The van der Waals surface area contributed by atoms with E-state index in [0.29, 0.717) is 12.0 Å². The number of nitrogens with one attached hydrogen (secondary N) is 1. The highest BCUT2D eigenvalue weighted by atomic mass is 16.1. The van der Waals surface area contributed by atoms with Crippen LogP contribution in [0.15, 0.2) is 24.4 Å². The first-order chi connectivity index (χ1) is 10.7. The average Bonchev–Trinajstić information content (AvgIpc) is 2.93. The predicted octanol–water partition coefficient (Wildman–Crippen LogP) is 2.39. The number of hydrogen-bond donors (Lipinski definition) is 2. The van der Waals surface area contributed by atoms with Gasteiger partial charge in [0.2, 0.25) is 5.91 Å². The summed E-state index contributed by atoms with van der Waals surface area (Å²) in [6.45, 7) is 4.06. The van der Waals surface area contributed by atoms with Gasteiger partial charge in [-0.05, 0) is 43.0 Å². The maximum atomic E-state index is 11.8. The standard InChI is InChI=1S/C18H23N3O/c1-2-6-21-10-12(18(19)22)7-14-13-4-3-5-15-17(13)11(9-20-15)8-16(14)21/h3-5,9,12,14,16,20H,2,6-8,10H2,1H3,(H2,19,22)/t12-,14+,16+/m0/s1. The molecule has 2 heterocycles. The van der Waals surface area contributed by atoms with E-state index >= 15 is 0 Å². The predicted molar refractivity (Wildman–Crippen MR) is 87.7 cm³/mol. The van der Waals surface area contributed by atoms with Crippen molar-refractivity contribution >= 4 is 16.8 Å². The van der Waals surface area contributed by atoms with E-state index in [4.69, 9.17) is 5.73 Å². The number of H-pyrrole nitrogens is 1. The summed E-state index contributed by atoms with van der Waals surface area (Å²) in [6.07, 6.45) is 5.24. The third-order valence-electron chi connectivity index (χ3n) is 5.49. The summed E-state index contributed by atoms with van der Waals surface area (Å²) in [5.74, 6) is 0.250. The van der Waals surface area contributed by atoms with Crippen molar-refractivity contribution in [1.29, 1.82) is 0 Å². The molecule has 4 rings (SSSR count). The van der Waals surface area contributed by atoms with Crippen molar-refractivity contribution in [3.05, 3.63) is 35.5 Å². The molecule has 1 fully saturated rings. The zero-order valence-electron chi connectivity index (χ0n) is 13.0. The lowest BCUT2D eigenvalue weighted by Gasteiger charge is -2.46. The summed E-state index contributed by atoms with van der Waals surface area (Å²) in [6, 6.07) is 7.01.